The Balaban J connectivity index is 2.01. The summed E-state index contributed by atoms with van der Waals surface area (Å²) in [6.07, 6.45) is 0. The smallest absolute Gasteiger partial charge is 0.260 e. The maximum absolute atomic E-state index is 12.2. The Morgan fingerprint density at radius 2 is 2.00 bits per heavy atom. The first-order valence-corrected chi connectivity index (χ1v) is 8.32. The minimum atomic E-state index is -0.182. The minimum Gasteiger partial charge on any atom is -0.484 e. The lowest BCUT2D eigenvalue weighted by Gasteiger charge is -2.22. The van der Waals surface area contributed by atoms with E-state index in [0.29, 0.717) is 18.8 Å². The van der Waals surface area contributed by atoms with Gasteiger partial charge in [0, 0.05) is 17.6 Å². The number of amides is 1. The molecule has 0 N–H and O–H groups in total. The third-order valence-corrected chi connectivity index (χ3v) is 4.08. The number of carbonyl (C=O) groups is 1. The van der Waals surface area contributed by atoms with Gasteiger partial charge in [0.15, 0.2) is 6.61 Å². The zero-order valence-electron chi connectivity index (χ0n) is 13.3. The van der Waals surface area contributed by atoms with E-state index in [2.05, 4.69) is 22.0 Å². The molecule has 2 aromatic rings. The molecule has 1 unspecified atom stereocenters. The summed E-state index contributed by atoms with van der Waals surface area (Å²) in [5, 5.41) is 11.0. The molecule has 120 valence electrons. The van der Waals surface area contributed by atoms with Gasteiger partial charge < -0.3 is 9.64 Å². The van der Waals surface area contributed by atoms with Crippen LogP contribution in [0.2, 0.25) is 0 Å². The molecule has 0 spiro atoms. The molecule has 0 saturated heterocycles. The number of likely N-dealkylation sites (N-methyl/N-ethyl adjacent to an activating group) is 1. The van der Waals surface area contributed by atoms with Crippen molar-refractivity contribution in [3.05, 3.63) is 40.9 Å². The van der Waals surface area contributed by atoms with Gasteiger partial charge in [-0.3, -0.25) is 4.79 Å². The molecule has 0 aliphatic carbocycles. The normalized spacial score (nSPS) is 11.7. The van der Waals surface area contributed by atoms with Crippen LogP contribution in [0.1, 0.15) is 13.8 Å². The summed E-state index contributed by atoms with van der Waals surface area (Å²) < 4.78 is 6.65. The lowest BCUT2D eigenvalue weighted by molar-refractivity contribution is -0.133. The maximum atomic E-state index is 12.2. The topological polar surface area (TPSA) is 53.3 Å². The van der Waals surface area contributed by atoms with Gasteiger partial charge in [0.05, 0.1) is 12.0 Å². The second-order valence-electron chi connectivity index (χ2n) is 5.40. The summed E-state index contributed by atoms with van der Waals surface area (Å²) in [5.41, 5.74) is 0. The molecule has 23 heavy (non-hydrogen) atoms. The average Bonchev–Trinajstić information content (AvgIpc) is 2.57. The summed E-state index contributed by atoms with van der Waals surface area (Å²) in [4.78, 5) is 13.8. The number of carbonyl (C=O) groups excluding carboxylic acids is 1. The molecular weight excluding hydrogens is 356 g/mol. The van der Waals surface area contributed by atoms with Gasteiger partial charge in [-0.15, -0.1) is 0 Å². The maximum Gasteiger partial charge on any atom is 0.260 e. The van der Waals surface area contributed by atoms with Crippen LogP contribution in [0.3, 0.4) is 0 Å². The first-order chi connectivity index (χ1) is 11.0. The number of hydrogen-bond donors (Lipinski definition) is 0. The van der Waals surface area contributed by atoms with Crippen LogP contribution in [0, 0.1) is 17.2 Å². The number of nitrogens with zero attached hydrogens (tertiary/aromatic N) is 2. The van der Waals surface area contributed by atoms with Crippen LogP contribution in [0.5, 0.6) is 5.75 Å². The first kappa shape index (κ1) is 17.3. The summed E-state index contributed by atoms with van der Waals surface area (Å²) >= 11 is 3.45. The Hall–Kier alpha value is -2.06. The molecule has 0 saturated carbocycles. The quantitative estimate of drug-likeness (QED) is 0.767. The van der Waals surface area contributed by atoms with Crippen LogP contribution in [0.25, 0.3) is 10.8 Å². The fraction of sp³-hybridized carbons (Fsp3) is 0.333. The largest absolute Gasteiger partial charge is 0.484 e. The van der Waals surface area contributed by atoms with Crippen LogP contribution in [0.15, 0.2) is 40.9 Å². The minimum absolute atomic E-state index is 0.0198. The van der Waals surface area contributed by atoms with Gasteiger partial charge in [0.2, 0.25) is 0 Å². The standard InChI is InChI=1S/C18H19BrN2O2/c1-3-21(11-13(2)10-20)18(22)12-23-17-7-5-14-8-16(19)6-4-15(14)9-17/h4-9,13H,3,11-12H2,1-2H3. The molecule has 4 nitrogen and oxygen atoms in total. The number of nitriles is 1. The summed E-state index contributed by atoms with van der Waals surface area (Å²) in [6, 6.07) is 13.9. The molecule has 1 amide bonds. The van der Waals surface area contributed by atoms with Crippen molar-refractivity contribution in [2.24, 2.45) is 5.92 Å². The van der Waals surface area contributed by atoms with Crippen molar-refractivity contribution in [2.75, 3.05) is 19.7 Å². The van der Waals surface area contributed by atoms with E-state index in [9.17, 15) is 4.79 Å². The third kappa shape index (κ3) is 4.70. The van der Waals surface area contributed by atoms with Crippen LogP contribution in [-0.2, 0) is 4.79 Å². The molecule has 2 rings (SSSR count). The predicted octanol–water partition coefficient (Wildman–Crippen LogP) is 3.99. The number of ether oxygens (including phenoxy) is 1. The van der Waals surface area contributed by atoms with Gasteiger partial charge >= 0.3 is 0 Å². The molecule has 0 aliphatic heterocycles. The zero-order chi connectivity index (χ0) is 16.8. The molecule has 2 aromatic carbocycles. The van der Waals surface area contributed by atoms with Crippen LogP contribution < -0.4 is 4.74 Å². The van der Waals surface area contributed by atoms with Crippen molar-refractivity contribution in [3.8, 4) is 11.8 Å². The van der Waals surface area contributed by atoms with Crippen LogP contribution in [-0.4, -0.2) is 30.5 Å². The van der Waals surface area contributed by atoms with Gasteiger partial charge in [-0.2, -0.15) is 5.26 Å². The Bertz CT molecular complexity index is 739. The number of fused-ring (bicyclic) bond motifs is 1. The highest BCUT2D eigenvalue weighted by atomic mass is 79.9. The highest BCUT2D eigenvalue weighted by Gasteiger charge is 2.15. The SMILES string of the molecule is CCN(CC(C)C#N)C(=O)COc1ccc2cc(Br)ccc2c1. The number of benzene rings is 2. The van der Waals surface area contributed by atoms with E-state index >= 15 is 0 Å². The monoisotopic (exact) mass is 374 g/mol. The van der Waals surface area contributed by atoms with Gasteiger partial charge in [-0.05, 0) is 48.9 Å². The van der Waals surface area contributed by atoms with Crippen LogP contribution >= 0.6 is 15.9 Å². The van der Waals surface area contributed by atoms with Gasteiger partial charge in [-0.25, -0.2) is 0 Å². The molecule has 5 heteroatoms. The highest BCUT2D eigenvalue weighted by molar-refractivity contribution is 9.10. The zero-order valence-corrected chi connectivity index (χ0v) is 14.8. The molecule has 0 fully saturated rings. The number of halogens is 1. The van der Waals surface area contributed by atoms with E-state index in [1.165, 1.54) is 0 Å². The Morgan fingerprint density at radius 3 is 2.70 bits per heavy atom. The molecule has 0 heterocycles. The number of rotatable bonds is 6. The Kier molecular flexibility index (Phi) is 6.00. The molecule has 1 atom stereocenters. The van der Waals surface area contributed by atoms with E-state index in [-0.39, 0.29) is 18.4 Å². The van der Waals surface area contributed by atoms with Crippen molar-refractivity contribution in [2.45, 2.75) is 13.8 Å². The fourth-order valence-electron chi connectivity index (χ4n) is 2.30. The Morgan fingerprint density at radius 1 is 1.30 bits per heavy atom. The number of hydrogen-bond acceptors (Lipinski definition) is 3. The average molecular weight is 375 g/mol. The van der Waals surface area contributed by atoms with Crippen molar-refractivity contribution in [3.63, 3.8) is 0 Å². The molecule has 0 aliphatic rings. The van der Waals surface area contributed by atoms with Gasteiger partial charge in [-0.1, -0.05) is 28.1 Å². The lowest BCUT2D eigenvalue weighted by Crippen LogP contribution is -2.37. The van der Waals surface area contributed by atoms with Gasteiger partial charge in [0.25, 0.3) is 5.91 Å². The lowest BCUT2D eigenvalue weighted by atomic mass is 10.1. The second-order valence-corrected chi connectivity index (χ2v) is 6.32. The Labute approximate surface area is 144 Å². The second kappa shape index (κ2) is 7.98. The fourth-order valence-corrected chi connectivity index (χ4v) is 2.68. The van der Waals surface area contributed by atoms with Crippen molar-refractivity contribution in [1.82, 2.24) is 4.90 Å². The summed E-state index contributed by atoms with van der Waals surface area (Å²) in [7, 11) is 0. The van der Waals surface area contributed by atoms with Crippen molar-refractivity contribution >= 4 is 32.6 Å². The molecular formula is C18H19BrN2O2. The van der Waals surface area contributed by atoms with E-state index < -0.39 is 0 Å². The van der Waals surface area contributed by atoms with Crippen molar-refractivity contribution < 1.29 is 9.53 Å². The van der Waals surface area contributed by atoms with Crippen LogP contribution in [0.4, 0.5) is 0 Å². The molecule has 0 bridgehead atoms. The summed E-state index contributed by atoms with van der Waals surface area (Å²) in [6.45, 7) is 4.68. The first-order valence-electron chi connectivity index (χ1n) is 7.53. The third-order valence-electron chi connectivity index (χ3n) is 3.59. The van der Waals surface area contributed by atoms with Crippen molar-refractivity contribution in [1.29, 1.82) is 5.26 Å². The van der Waals surface area contributed by atoms with E-state index in [1.807, 2.05) is 43.3 Å². The highest BCUT2D eigenvalue weighted by Crippen LogP contribution is 2.24. The van der Waals surface area contributed by atoms with E-state index in [0.717, 1.165) is 15.2 Å². The van der Waals surface area contributed by atoms with E-state index in [4.69, 9.17) is 10.00 Å². The van der Waals surface area contributed by atoms with Gasteiger partial charge in [0.1, 0.15) is 5.75 Å². The summed E-state index contributed by atoms with van der Waals surface area (Å²) in [5.74, 6) is 0.376. The predicted molar refractivity (Wildman–Crippen MR) is 94.2 cm³/mol. The molecule has 0 radical (unpaired) electrons. The molecule has 0 aromatic heterocycles. The van der Waals surface area contributed by atoms with E-state index in [1.54, 1.807) is 11.8 Å².